The lowest BCUT2D eigenvalue weighted by atomic mass is 10.1. The number of benzene rings is 1. The largest absolute Gasteiger partial charge is 0.478 e. The monoisotopic (exact) mass is 351 g/mol. The van der Waals surface area contributed by atoms with Gasteiger partial charge in [0.25, 0.3) is 5.69 Å². The summed E-state index contributed by atoms with van der Waals surface area (Å²) >= 11 is 0. The molecular weight excluding hydrogens is 330 g/mol. The molecule has 0 aromatic heterocycles. The zero-order valence-corrected chi connectivity index (χ0v) is 14.3. The maximum absolute atomic E-state index is 11.8. The minimum absolute atomic E-state index is 0.141. The standard InChI is InChI=1S/C16H21N3O6/c1-16(2,3)25-15(22)17-11-6-7-18(9-11)12-5-4-10(14(20)21)8-13(12)19(23)24/h4-5,8,11H,6-7,9H2,1-3H3,(H,17,22)(H,20,21). The lowest BCUT2D eigenvalue weighted by Crippen LogP contribution is -2.40. The highest BCUT2D eigenvalue weighted by atomic mass is 16.6. The Bertz CT molecular complexity index is 698. The summed E-state index contributed by atoms with van der Waals surface area (Å²) in [6.45, 7) is 6.18. The van der Waals surface area contributed by atoms with Crippen LogP contribution in [0.1, 0.15) is 37.6 Å². The van der Waals surface area contributed by atoms with E-state index < -0.39 is 22.6 Å². The van der Waals surface area contributed by atoms with Crippen LogP contribution in [0.3, 0.4) is 0 Å². The molecule has 1 fully saturated rings. The van der Waals surface area contributed by atoms with Crippen molar-refractivity contribution in [2.45, 2.75) is 38.8 Å². The van der Waals surface area contributed by atoms with Gasteiger partial charge in [0.2, 0.25) is 0 Å². The number of nitro benzene ring substituents is 1. The predicted molar refractivity (Wildman–Crippen MR) is 90.0 cm³/mol. The number of carboxylic acid groups (broad SMARTS) is 1. The number of ether oxygens (including phenoxy) is 1. The van der Waals surface area contributed by atoms with Crippen molar-refractivity contribution in [3.63, 3.8) is 0 Å². The normalized spacial score (nSPS) is 17.2. The summed E-state index contributed by atoms with van der Waals surface area (Å²) in [6, 6.07) is 3.61. The van der Waals surface area contributed by atoms with Crippen LogP contribution >= 0.6 is 0 Å². The van der Waals surface area contributed by atoms with E-state index in [1.54, 1.807) is 25.7 Å². The van der Waals surface area contributed by atoms with Gasteiger partial charge in [-0.25, -0.2) is 9.59 Å². The van der Waals surface area contributed by atoms with Crippen molar-refractivity contribution in [3.05, 3.63) is 33.9 Å². The van der Waals surface area contributed by atoms with E-state index in [9.17, 15) is 19.7 Å². The van der Waals surface area contributed by atoms with Crippen molar-refractivity contribution >= 4 is 23.4 Å². The molecule has 1 amide bonds. The lowest BCUT2D eigenvalue weighted by molar-refractivity contribution is -0.384. The Hall–Kier alpha value is -2.84. The van der Waals surface area contributed by atoms with Gasteiger partial charge in [0, 0.05) is 19.2 Å². The molecule has 1 heterocycles. The Morgan fingerprint density at radius 1 is 1.40 bits per heavy atom. The van der Waals surface area contributed by atoms with Crippen molar-refractivity contribution in [2.75, 3.05) is 18.0 Å². The number of hydrogen-bond donors (Lipinski definition) is 2. The highest BCUT2D eigenvalue weighted by molar-refractivity contribution is 5.90. The fourth-order valence-electron chi connectivity index (χ4n) is 2.64. The van der Waals surface area contributed by atoms with E-state index >= 15 is 0 Å². The zero-order chi connectivity index (χ0) is 18.8. The number of nitrogens with one attached hydrogen (secondary N) is 1. The molecule has 1 saturated heterocycles. The third kappa shape index (κ3) is 4.82. The molecule has 0 bridgehead atoms. The van der Waals surface area contributed by atoms with E-state index in [2.05, 4.69) is 5.32 Å². The highest BCUT2D eigenvalue weighted by Gasteiger charge is 2.30. The van der Waals surface area contributed by atoms with Gasteiger partial charge in [0.1, 0.15) is 11.3 Å². The van der Waals surface area contributed by atoms with Crippen LogP contribution in [0, 0.1) is 10.1 Å². The molecule has 0 aliphatic carbocycles. The van der Waals surface area contributed by atoms with Gasteiger partial charge in [-0.15, -0.1) is 0 Å². The number of nitrogens with zero attached hydrogens (tertiary/aromatic N) is 2. The molecule has 1 atom stereocenters. The number of alkyl carbamates (subject to hydrolysis) is 1. The minimum atomic E-state index is -1.22. The SMILES string of the molecule is CC(C)(C)OC(=O)NC1CCN(c2ccc(C(=O)O)cc2[N+](=O)[O-])C1. The van der Waals surface area contributed by atoms with E-state index in [1.807, 2.05) is 0 Å². The highest BCUT2D eigenvalue weighted by Crippen LogP contribution is 2.31. The second-order valence-electron chi connectivity index (χ2n) is 6.84. The van der Waals surface area contributed by atoms with Crippen molar-refractivity contribution in [3.8, 4) is 0 Å². The topological polar surface area (TPSA) is 122 Å². The average Bonchev–Trinajstić information content (AvgIpc) is 2.92. The fraction of sp³-hybridized carbons (Fsp3) is 0.500. The van der Waals surface area contributed by atoms with Gasteiger partial charge >= 0.3 is 12.1 Å². The van der Waals surface area contributed by atoms with Crippen LogP contribution in [0.5, 0.6) is 0 Å². The van der Waals surface area contributed by atoms with Gasteiger partial charge in [0.05, 0.1) is 16.5 Å². The summed E-state index contributed by atoms with van der Waals surface area (Å²) in [6.07, 6.45) is 0.0759. The molecule has 136 valence electrons. The average molecular weight is 351 g/mol. The van der Waals surface area contributed by atoms with Gasteiger partial charge < -0.3 is 20.1 Å². The lowest BCUT2D eigenvalue weighted by Gasteiger charge is -2.22. The first kappa shape index (κ1) is 18.5. The minimum Gasteiger partial charge on any atom is -0.478 e. The molecule has 0 spiro atoms. The van der Waals surface area contributed by atoms with Crippen LogP contribution in [-0.2, 0) is 4.74 Å². The number of carbonyl (C=O) groups excluding carboxylic acids is 1. The van der Waals surface area contributed by atoms with Crippen molar-refractivity contribution in [1.29, 1.82) is 0 Å². The van der Waals surface area contributed by atoms with Crippen LogP contribution in [-0.4, -0.2) is 46.8 Å². The molecule has 1 aromatic rings. The maximum Gasteiger partial charge on any atom is 0.407 e. The van der Waals surface area contributed by atoms with Crippen LogP contribution in [0.15, 0.2) is 18.2 Å². The summed E-state index contributed by atoms with van der Waals surface area (Å²) in [7, 11) is 0. The second kappa shape index (κ2) is 6.96. The zero-order valence-electron chi connectivity index (χ0n) is 14.3. The Morgan fingerprint density at radius 3 is 2.64 bits per heavy atom. The van der Waals surface area contributed by atoms with E-state index in [4.69, 9.17) is 9.84 Å². The summed E-state index contributed by atoms with van der Waals surface area (Å²) in [5.41, 5.74) is -0.673. The third-order valence-electron chi connectivity index (χ3n) is 3.67. The number of carbonyl (C=O) groups is 2. The Balaban J connectivity index is 2.10. The molecule has 1 aliphatic heterocycles. The molecule has 2 N–H and O–H groups in total. The number of amides is 1. The van der Waals surface area contributed by atoms with Crippen LogP contribution in [0.25, 0.3) is 0 Å². The Labute approximate surface area is 144 Å². The van der Waals surface area contributed by atoms with Gasteiger partial charge in [-0.2, -0.15) is 0 Å². The quantitative estimate of drug-likeness (QED) is 0.631. The van der Waals surface area contributed by atoms with E-state index in [0.29, 0.717) is 25.2 Å². The Morgan fingerprint density at radius 2 is 2.08 bits per heavy atom. The first-order chi connectivity index (χ1) is 11.6. The van der Waals surface area contributed by atoms with Crippen LogP contribution < -0.4 is 10.2 Å². The molecule has 1 unspecified atom stereocenters. The number of aromatic carboxylic acids is 1. The summed E-state index contributed by atoms with van der Waals surface area (Å²) in [5.74, 6) is -1.22. The molecule has 9 nitrogen and oxygen atoms in total. The number of carboxylic acids is 1. The maximum atomic E-state index is 11.8. The summed E-state index contributed by atoms with van der Waals surface area (Å²) in [5, 5.41) is 23.0. The molecule has 25 heavy (non-hydrogen) atoms. The first-order valence-electron chi connectivity index (χ1n) is 7.83. The molecule has 1 aromatic carbocycles. The molecular formula is C16H21N3O6. The van der Waals surface area contributed by atoms with Crippen molar-refractivity contribution in [1.82, 2.24) is 5.32 Å². The van der Waals surface area contributed by atoms with Gasteiger partial charge in [-0.3, -0.25) is 10.1 Å². The molecule has 1 aliphatic rings. The van der Waals surface area contributed by atoms with Crippen molar-refractivity contribution in [2.24, 2.45) is 0 Å². The van der Waals surface area contributed by atoms with Gasteiger partial charge in [-0.1, -0.05) is 0 Å². The summed E-state index contributed by atoms with van der Waals surface area (Å²) in [4.78, 5) is 35.2. The number of rotatable bonds is 4. The number of hydrogen-bond acceptors (Lipinski definition) is 6. The molecule has 2 rings (SSSR count). The van der Waals surface area contributed by atoms with E-state index in [-0.39, 0.29) is 17.3 Å². The molecule has 0 saturated carbocycles. The number of anilines is 1. The van der Waals surface area contributed by atoms with Crippen LogP contribution in [0.4, 0.5) is 16.2 Å². The van der Waals surface area contributed by atoms with Crippen molar-refractivity contribution < 1.29 is 24.4 Å². The fourth-order valence-corrected chi connectivity index (χ4v) is 2.64. The summed E-state index contributed by atoms with van der Waals surface area (Å²) < 4.78 is 5.20. The second-order valence-corrected chi connectivity index (χ2v) is 6.84. The van der Waals surface area contributed by atoms with Gasteiger partial charge in [0.15, 0.2) is 0 Å². The first-order valence-corrected chi connectivity index (χ1v) is 7.83. The molecule has 0 radical (unpaired) electrons. The predicted octanol–water partition coefficient (Wildman–Crippen LogP) is 2.40. The Kier molecular flexibility index (Phi) is 5.15. The van der Waals surface area contributed by atoms with Crippen LogP contribution in [0.2, 0.25) is 0 Å². The van der Waals surface area contributed by atoms with Gasteiger partial charge in [-0.05, 0) is 39.3 Å². The molecule has 9 heteroatoms. The smallest absolute Gasteiger partial charge is 0.407 e. The van der Waals surface area contributed by atoms with E-state index in [0.717, 1.165) is 6.07 Å². The van der Waals surface area contributed by atoms with E-state index in [1.165, 1.54) is 12.1 Å². The number of nitro groups is 1. The third-order valence-corrected chi connectivity index (χ3v) is 3.67.